The molecule has 1 heterocycles. The molecular weight excluding hydrogens is 182 g/mol. The molecule has 0 aromatic rings. The molecule has 0 amide bonds. The maximum absolute atomic E-state index is 2.53. The first-order valence-electron chi connectivity index (χ1n) is 6.87. The highest BCUT2D eigenvalue weighted by Gasteiger charge is 2.39. The fraction of sp³-hybridized carbons (Fsp3) is 1.00. The van der Waals surface area contributed by atoms with Crippen LogP contribution in [0.15, 0.2) is 0 Å². The van der Waals surface area contributed by atoms with Crippen molar-refractivity contribution in [3.05, 3.63) is 0 Å². The fourth-order valence-electron chi connectivity index (χ4n) is 4.03. The second kappa shape index (κ2) is 4.86. The fourth-order valence-corrected chi connectivity index (χ4v) is 4.03. The van der Waals surface area contributed by atoms with Gasteiger partial charge in [-0.2, -0.15) is 0 Å². The Bertz CT molecular complexity index is 185. The number of likely N-dealkylation sites (tertiary alicyclic amines) is 1. The summed E-state index contributed by atoms with van der Waals surface area (Å²) in [5.74, 6) is 4.13. The van der Waals surface area contributed by atoms with Crippen molar-refractivity contribution in [1.82, 2.24) is 4.90 Å². The van der Waals surface area contributed by atoms with Gasteiger partial charge in [0.05, 0.1) is 0 Å². The van der Waals surface area contributed by atoms with Crippen molar-refractivity contribution in [2.75, 3.05) is 20.1 Å². The van der Waals surface area contributed by atoms with Gasteiger partial charge in [0.15, 0.2) is 0 Å². The predicted molar refractivity (Wildman–Crippen MR) is 65.9 cm³/mol. The van der Waals surface area contributed by atoms with E-state index in [1.54, 1.807) is 0 Å². The van der Waals surface area contributed by atoms with E-state index >= 15 is 0 Å². The highest BCUT2D eigenvalue weighted by Crippen LogP contribution is 2.43. The van der Waals surface area contributed by atoms with Gasteiger partial charge in [-0.05, 0) is 50.0 Å². The topological polar surface area (TPSA) is 3.24 Å². The number of fused-ring (bicyclic) bond motifs is 1. The van der Waals surface area contributed by atoms with Crippen molar-refractivity contribution in [3.8, 4) is 0 Å². The lowest BCUT2D eigenvalue weighted by Crippen LogP contribution is -2.17. The van der Waals surface area contributed by atoms with Crippen LogP contribution in [0.4, 0.5) is 0 Å². The molecule has 0 aromatic heterocycles. The SMILES string of the molecule is CCCC(C)CC1CC2CN(C)CC2C1. The second-order valence-electron chi connectivity index (χ2n) is 6.21. The summed E-state index contributed by atoms with van der Waals surface area (Å²) >= 11 is 0. The molecule has 1 nitrogen and oxygen atoms in total. The van der Waals surface area contributed by atoms with E-state index in [2.05, 4.69) is 25.8 Å². The van der Waals surface area contributed by atoms with Crippen LogP contribution in [0.25, 0.3) is 0 Å². The van der Waals surface area contributed by atoms with Crippen LogP contribution in [0.1, 0.15) is 46.0 Å². The van der Waals surface area contributed by atoms with Gasteiger partial charge in [-0.25, -0.2) is 0 Å². The summed E-state index contributed by atoms with van der Waals surface area (Å²) in [6, 6.07) is 0. The highest BCUT2D eigenvalue weighted by atomic mass is 15.1. The molecule has 1 heteroatoms. The van der Waals surface area contributed by atoms with Gasteiger partial charge in [-0.15, -0.1) is 0 Å². The lowest BCUT2D eigenvalue weighted by atomic mass is 9.90. The third-order valence-corrected chi connectivity index (χ3v) is 4.55. The minimum atomic E-state index is 0.969. The molecule has 88 valence electrons. The molecule has 2 aliphatic rings. The van der Waals surface area contributed by atoms with Crippen molar-refractivity contribution >= 4 is 0 Å². The van der Waals surface area contributed by atoms with Gasteiger partial charge in [0.25, 0.3) is 0 Å². The Balaban J connectivity index is 1.75. The van der Waals surface area contributed by atoms with E-state index in [9.17, 15) is 0 Å². The van der Waals surface area contributed by atoms with E-state index in [0.29, 0.717) is 0 Å². The molecule has 1 aliphatic heterocycles. The molecule has 1 saturated carbocycles. The smallest absolute Gasteiger partial charge is 0.000996 e. The Morgan fingerprint density at radius 3 is 2.33 bits per heavy atom. The molecule has 1 aliphatic carbocycles. The van der Waals surface area contributed by atoms with Crippen LogP contribution < -0.4 is 0 Å². The van der Waals surface area contributed by atoms with Crippen LogP contribution in [0.5, 0.6) is 0 Å². The van der Waals surface area contributed by atoms with Crippen molar-refractivity contribution in [2.24, 2.45) is 23.7 Å². The van der Waals surface area contributed by atoms with Crippen LogP contribution in [0, 0.1) is 23.7 Å². The van der Waals surface area contributed by atoms with E-state index in [-0.39, 0.29) is 0 Å². The molecule has 0 bridgehead atoms. The van der Waals surface area contributed by atoms with Crippen molar-refractivity contribution in [2.45, 2.75) is 46.0 Å². The average molecular weight is 209 g/mol. The van der Waals surface area contributed by atoms with Gasteiger partial charge < -0.3 is 4.90 Å². The number of hydrogen-bond acceptors (Lipinski definition) is 1. The Labute approximate surface area is 95.2 Å². The summed E-state index contributed by atoms with van der Waals surface area (Å²) in [5, 5.41) is 0. The van der Waals surface area contributed by atoms with Crippen LogP contribution in [-0.2, 0) is 0 Å². The van der Waals surface area contributed by atoms with E-state index in [1.165, 1.54) is 45.2 Å². The van der Waals surface area contributed by atoms with Crippen LogP contribution in [0.3, 0.4) is 0 Å². The summed E-state index contributed by atoms with van der Waals surface area (Å²) in [6.45, 7) is 7.52. The van der Waals surface area contributed by atoms with Crippen LogP contribution in [-0.4, -0.2) is 25.0 Å². The van der Waals surface area contributed by atoms with Crippen molar-refractivity contribution in [3.63, 3.8) is 0 Å². The third-order valence-electron chi connectivity index (χ3n) is 4.55. The zero-order valence-corrected chi connectivity index (χ0v) is 10.7. The molecule has 0 spiro atoms. The molecule has 2 fully saturated rings. The number of rotatable bonds is 4. The monoisotopic (exact) mass is 209 g/mol. The first kappa shape index (κ1) is 11.4. The van der Waals surface area contributed by atoms with E-state index in [0.717, 1.165) is 23.7 Å². The first-order chi connectivity index (χ1) is 7.19. The molecule has 3 atom stereocenters. The van der Waals surface area contributed by atoms with Gasteiger partial charge in [-0.1, -0.05) is 26.7 Å². The lowest BCUT2D eigenvalue weighted by molar-refractivity contribution is 0.318. The zero-order chi connectivity index (χ0) is 10.8. The summed E-state index contributed by atoms with van der Waals surface area (Å²) in [5.41, 5.74) is 0. The Morgan fingerprint density at radius 2 is 1.80 bits per heavy atom. The van der Waals surface area contributed by atoms with Crippen LogP contribution in [0.2, 0.25) is 0 Å². The van der Waals surface area contributed by atoms with Gasteiger partial charge in [0.1, 0.15) is 0 Å². The van der Waals surface area contributed by atoms with Crippen molar-refractivity contribution < 1.29 is 0 Å². The zero-order valence-electron chi connectivity index (χ0n) is 10.7. The average Bonchev–Trinajstić information content (AvgIpc) is 2.60. The molecule has 0 radical (unpaired) electrons. The molecule has 1 saturated heterocycles. The van der Waals surface area contributed by atoms with Gasteiger partial charge in [0, 0.05) is 13.1 Å². The van der Waals surface area contributed by atoms with E-state index in [1.807, 2.05) is 0 Å². The molecular formula is C14H27N. The maximum Gasteiger partial charge on any atom is 0.000996 e. The summed E-state index contributed by atoms with van der Waals surface area (Å²) in [6.07, 6.45) is 7.37. The quantitative estimate of drug-likeness (QED) is 0.686. The largest absolute Gasteiger partial charge is 0.306 e. The predicted octanol–water partition coefficient (Wildman–Crippen LogP) is 3.40. The third kappa shape index (κ3) is 2.75. The Hall–Kier alpha value is -0.0400. The second-order valence-corrected chi connectivity index (χ2v) is 6.21. The lowest BCUT2D eigenvalue weighted by Gasteiger charge is -2.18. The number of hydrogen-bond donors (Lipinski definition) is 0. The maximum atomic E-state index is 2.53. The summed E-state index contributed by atoms with van der Waals surface area (Å²) < 4.78 is 0. The summed E-state index contributed by atoms with van der Waals surface area (Å²) in [7, 11) is 2.28. The van der Waals surface area contributed by atoms with E-state index in [4.69, 9.17) is 0 Å². The van der Waals surface area contributed by atoms with Gasteiger partial charge >= 0.3 is 0 Å². The highest BCUT2D eigenvalue weighted by molar-refractivity contribution is 4.91. The summed E-state index contributed by atoms with van der Waals surface area (Å²) in [4.78, 5) is 2.53. The van der Waals surface area contributed by atoms with Crippen molar-refractivity contribution in [1.29, 1.82) is 0 Å². The minimum Gasteiger partial charge on any atom is -0.306 e. The Morgan fingerprint density at radius 1 is 1.20 bits per heavy atom. The van der Waals surface area contributed by atoms with E-state index < -0.39 is 0 Å². The van der Waals surface area contributed by atoms with Gasteiger partial charge in [-0.3, -0.25) is 0 Å². The molecule has 3 unspecified atom stereocenters. The molecule has 0 N–H and O–H groups in total. The molecule has 2 rings (SSSR count). The molecule has 0 aromatic carbocycles. The van der Waals surface area contributed by atoms with Gasteiger partial charge in [0.2, 0.25) is 0 Å². The normalized spacial score (nSPS) is 38.2. The molecule has 15 heavy (non-hydrogen) atoms. The number of nitrogens with zero attached hydrogens (tertiary/aromatic N) is 1. The standard InChI is InChI=1S/C14H27N/c1-4-5-11(2)6-12-7-13-9-15(3)10-14(13)8-12/h11-14H,4-10H2,1-3H3. The Kier molecular flexibility index (Phi) is 3.71. The van der Waals surface area contributed by atoms with Crippen LogP contribution >= 0.6 is 0 Å². The first-order valence-corrected chi connectivity index (χ1v) is 6.87. The minimum absolute atomic E-state index is 0.969.